The van der Waals surface area contributed by atoms with Crippen molar-refractivity contribution in [2.75, 3.05) is 7.11 Å². The fourth-order valence-electron chi connectivity index (χ4n) is 1.01. The van der Waals surface area contributed by atoms with E-state index in [0.29, 0.717) is 5.56 Å². The lowest BCUT2D eigenvalue weighted by molar-refractivity contribution is -0.142. The van der Waals surface area contributed by atoms with Gasteiger partial charge in [-0.1, -0.05) is 6.07 Å². The number of aromatic nitrogens is 1. The molecule has 1 heterocycles. The molecule has 1 atom stereocenters. The Bertz CT molecular complexity index is 312. The zero-order valence-electron chi connectivity index (χ0n) is 7.65. The van der Waals surface area contributed by atoms with Crippen molar-refractivity contribution in [3.63, 3.8) is 0 Å². The van der Waals surface area contributed by atoms with Crippen LogP contribution in [0, 0.1) is 6.92 Å². The van der Waals surface area contributed by atoms with Crippen molar-refractivity contribution in [1.29, 1.82) is 0 Å². The number of carbonyl (C=O) groups excluding carboxylic acids is 1. The third kappa shape index (κ3) is 2.26. The summed E-state index contributed by atoms with van der Waals surface area (Å²) in [6.45, 7) is 1.89. The van der Waals surface area contributed by atoms with Crippen LogP contribution in [0.1, 0.15) is 17.2 Å². The number of nitrogens with zero attached hydrogens (tertiary/aromatic N) is 1. The van der Waals surface area contributed by atoms with Crippen LogP contribution in [-0.4, -0.2) is 18.1 Å². The highest BCUT2D eigenvalue weighted by molar-refractivity contribution is 5.77. The van der Waals surface area contributed by atoms with Crippen molar-refractivity contribution in [2.45, 2.75) is 13.0 Å². The Morgan fingerprint density at radius 1 is 1.62 bits per heavy atom. The molecule has 70 valence electrons. The van der Waals surface area contributed by atoms with Gasteiger partial charge in [-0.3, -0.25) is 9.78 Å². The van der Waals surface area contributed by atoms with Crippen molar-refractivity contribution in [2.24, 2.45) is 5.73 Å². The second-order valence-corrected chi connectivity index (χ2v) is 2.80. The summed E-state index contributed by atoms with van der Waals surface area (Å²) < 4.78 is 4.51. The summed E-state index contributed by atoms with van der Waals surface area (Å²) in [5.41, 5.74) is 7.25. The Kier molecular flexibility index (Phi) is 2.97. The monoisotopic (exact) mass is 180 g/mol. The van der Waals surface area contributed by atoms with Crippen LogP contribution >= 0.6 is 0 Å². The predicted molar refractivity (Wildman–Crippen MR) is 47.9 cm³/mol. The van der Waals surface area contributed by atoms with Crippen LogP contribution in [0.5, 0.6) is 0 Å². The number of hydrogen-bond acceptors (Lipinski definition) is 4. The number of methoxy groups -OCH3 is 1. The molecular weight excluding hydrogens is 168 g/mol. The predicted octanol–water partition coefficient (Wildman–Crippen LogP) is 0.563. The lowest BCUT2D eigenvalue weighted by Gasteiger charge is -2.08. The van der Waals surface area contributed by atoms with Gasteiger partial charge < -0.3 is 10.5 Å². The molecule has 1 rings (SSSR count). The molecule has 0 saturated carbocycles. The molecular formula is C9H12N2O2. The Labute approximate surface area is 76.7 Å². The number of hydrogen-bond donors (Lipinski definition) is 1. The lowest BCUT2D eigenvalue weighted by atomic mass is 10.1. The molecule has 0 fully saturated rings. The summed E-state index contributed by atoms with van der Waals surface area (Å²) >= 11 is 0. The van der Waals surface area contributed by atoms with E-state index in [2.05, 4.69) is 9.72 Å². The van der Waals surface area contributed by atoms with E-state index in [0.717, 1.165) is 5.56 Å². The molecule has 1 aromatic rings. The van der Waals surface area contributed by atoms with Crippen LogP contribution in [0.15, 0.2) is 18.5 Å². The van der Waals surface area contributed by atoms with Gasteiger partial charge >= 0.3 is 5.97 Å². The van der Waals surface area contributed by atoms with E-state index in [1.807, 2.05) is 13.0 Å². The first-order chi connectivity index (χ1) is 6.15. The van der Waals surface area contributed by atoms with Gasteiger partial charge in [-0.2, -0.15) is 0 Å². The summed E-state index contributed by atoms with van der Waals surface area (Å²) in [6, 6.07) is 1.08. The molecule has 1 aromatic heterocycles. The van der Waals surface area contributed by atoms with Gasteiger partial charge in [0, 0.05) is 12.4 Å². The Morgan fingerprint density at radius 3 is 2.85 bits per heavy atom. The highest BCUT2D eigenvalue weighted by atomic mass is 16.5. The summed E-state index contributed by atoms with van der Waals surface area (Å²) in [7, 11) is 1.31. The summed E-state index contributed by atoms with van der Waals surface area (Å²) in [6.07, 6.45) is 3.27. The molecule has 0 amide bonds. The fraction of sp³-hybridized carbons (Fsp3) is 0.333. The number of esters is 1. The first kappa shape index (κ1) is 9.67. The van der Waals surface area contributed by atoms with E-state index in [-0.39, 0.29) is 0 Å². The molecule has 1 unspecified atom stereocenters. The number of pyridine rings is 1. The van der Waals surface area contributed by atoms with Crippen LogP contribution in [0.4, 0.5) is 0 Å². The summed E-state index contributed by atoms with van der Waals surface area (Å²) in [5, 5.41) is 0. The zero-order chi connectivity index (χ0) is 9.84. The maximum Gasteiger partial charge on any atom is 0.327 e. The molecule has 0 aliphatic rings. The molecule has 0 aliphatic heterocycles. The van der Waals surface area contributed by atoms with Crippen LogP contribution in [0.3, 0.4) is 0 Å². The third-order valence-electron chi connectivity index (χ3n) is 1.71. The van der Waals surface area contributed by atoms with Crippen molar-refractivity contribution in [1.82, 2.24) is 4.98 Å². The molecule has 0 aromatic carbocycles. The average Bonchev–Trinajstić information content (AvgIpc) is 2.15. The highest BCUT2D eigenvalue weighted by Crippen LogP contribution is 2.11. The highest BCUT2D eigenvalue weighted by Gasteiger charge is 2.15. The first-order valence-electron chi connectivity index (χ1n) is 3.90. The molecule has 4 heteroatoms. The number of nitrogens with two attached hydrogens (primary N) is 1. The summed E-state index contributed by atoms with van der Waals surface area (Å²) in [5.74, 6) is -0.451. The van der Waals surface area contributed by atoms with Crippen molar-refractivity contribution in [3.8, 4) is 0 Å². The smallest absolute Gasteiger partial charge is 0.327 e. The van der Waals surface area contributed by atoms with Gasteiger partial charge in [-0.25, -0.2) is 0 Å². The van der Waals surface area contributed by atoms with Crippen LogP contribution in [0.2, 0.25) is 0 Å². The van der Waals surface area contributed by atoms with E-state index < -0.39 is 12.0 Å². The van der Waals surface area contributed by atoms with Crippen LogP contribution in [0.25, 0.3) is 0 Å². The Morgan fingerprint density at radius 2 is 2.31 bits per heavy atom. The van der Waals surface area contributed by atoms with Crippen LogP contribution < -0.4 is 5.73 Å². The molecule has 0 saturated heterocycles. The van der Waals surface area contributed by atoms with E-state index >= 15 is 0 Å². The fourth-order valence-corrected chi connectivity index (χ4v) is 1.01. The van der Waals surface area contributed by atoms with Crippen molar-refractivity contribution in [3.05, 3.63) is 29.6 Å². The van der Waals surface area contributed by atoms with Crippen molar-refractivity contribution < 1.29 is 9.53 Å². The Balaban J connectivity index is 2.88. The molecule has 13 heavy (non-hydrogen) atoms. The van der Waals surface area contributed by atoms with Crippen molar-refractivity contribution >= 4 is 5.97 Å². The average molecular weight is 180 g/mol. The minimum Gasteiger partial charge on any atom is -0.468 e. The first-order valence-corrected chi connectivity index (χ1v) is 3.90. The number of rotatable bonds is 2. The zero-order valence-corrected chi connectivity index (χ0v) is 7.65. The molecule has 0 bridgehead atoms. The second-order valence-electron chi connectivity index (χ2n) is 2.80. The van der Waals surface area contributed by atoms with Gasteiger partial charge in [0.15, 0.2) is 0 Å². The molecule has 4 nitrogen and oxygen atoms in total. The van der Waals surface area contributed by atoms with Gasteiger partial charge in [-0.15, -0.1) is 0 Å². The molecule has 0 radical (unpaired) electrons. The maximum atomic E-state index is 11.0. The van der Waals surface area contributed by atoms with Gasteiger partial charge in [-0.05, 0) is 18.1 Å². The number of ether oxygens (including phenoxy) is 1. The Hall–Kier alpha value is -1.42. The maximum absolute atomic E-state index is 11.0. The second kappa shape index (κ2) is 4.00. The number of carbonyl (C=O) groups is 1. The number of aryl methyl sites for hydroxylation is 1. The van der Waals surface area contributed by atoms with Crippen LogP contribution in [-0.2, 0) is 9.53 Å². The quantitative estimate of drug-likeness (QED) is 0.675. The molecule has 2 N–H and O–H groups in total. The summed E-state index contributed by atoms with van der Waals surface area (Å²) in [4.78, 5) is 15.0. The third-order valence-corrected chi connectivity index (χ3v) is 1.71. The topological polar surface area (TPSA) is 65.2 Å². The van der Waals surface area contributed by atoms with Gasteiger partial charge in [0.1, 0.15) is 6.04 Å². The minimum atomic E-state index is -0.739. The minimum absolute atomic E-state index is 0.451. The normalized spacial score (nSPS) is 12.2. The molecule has 0 aliphatic carbocycles. The van der Waals surface area contributed by atoms with Gasteiger partial charge in [0.25, 0.3) is 0 Å². The van der Waals surface area contributed by atoms with E-state index in [1.165, 1.54) is 7.11 Å². The van der Waals surface area contributed by atoms with E-state index in [9.17, 15) is 4.79 Å². The van der Waals surface area contributed by atoms with Gasteiger partial charge in [0.2, 0.25) is 0 Å². The SMILES string of the molecule is COC(=O)C(N)c1cncc(C)c1. The van der Waals surface area contributed by atoms with E-state index in [1.54, 1.807) is 12.4 Å². The van der Waals surface area contributed by atoms with E-state index in [4.69, 9.17) is 5.73 Å². The largest absolute Gasteiger partial charge is 0.468 e. The lowest BCUT2D eigenvalue weighted by Crippen LogP contribution is -2.22. The van der Waals surface area contributed by atoms with Gasteiger partial charge in [0.05, 0.1) is 7.11 Å². The standard InChI is InChI=1S/C9H12N2O2/c1-6-3-7(5-11-4-6)8(10)9(12)13-2/h3-5,8H,10H2,1-2H3. The molecule has 0 spiro atoms.